The minimum atomic E-state index is -3.87. The van der Waals surface area contributed by atoms with Crippen LogP contribution in [0, 0.1) is 13.8 Å². The Kier molecular flexibility index (Phi) is 5.34. The van der Waals surface area contributed by atoms with E-state index >= 15 is 0 Å². The van der Waals surface area contributed by atoms with Crippen LogP contribution in [-0.2, 0) is 14.8 Å². The number of carbonyl (C=O) groups excluding carboxylic acids is 1. The smallest absolute Gasteiger partial charge is 0.341 e. The van der Waals surface area contributed by atoms with Gasteiger partial charge in [0.15, 0.2) is 0 Å². The van der Waals surface area contributed by atoms with Gasteiger partial charge in [0, 0.05) is 11.9 Å². The van der Waals surface area contributed by atoms with E-state index in [-0.39, 0.29) is 22.1 Å². The van der Waals surface area contributed by atoms with Crippen molar-refractivity contribution >= 4 is 38.0 Å². The number of thiophene rings is 1. The van der Waals surface area contributed by atoms with Crippen molar-refractivity contribution in [3.05, 3.63) is 34.2 Å². The van der Waals surface area contributed by atoms with E-state index in [0.717, 1.165) is 10.4 Å². The summed E-state index contributed by atoms with van der Waals surface area (Å²) >= 11 is 1.22. The first-order chi connectivity index (χ1) is 12.7. The van der Waals surface area contributed by atoms with E-state index in [4.69, 9.17) is 9.47 Å². The van der Waals surface area contributed by atoms with Crippen LogP contribution in [0.2, 0.25) is 0 Å². The Morgan fingerprint density at radius 1 is 1.37 bits per heavy atom. The quantitative estimate of drug-likeness (QED) is 0.762. The number of esters is 1. The van der Waals surface area contributed by atoms with Gasteiger partial charge in [0.2, 0.25) is 0 Å². The fourth-order valence-electron chi connectivity index (χ4n) is 2.83. The second-order valence-electron chi connectivity index (χ2n) is 6.21. The summed E-state index contributed by atoms with van der Waals surface area (Å²) in [6.07, 6.45) is 0. The van der Waals surface area contributed by atoms with Crippen LogP contribution in [0.1, 0.15) is 27.7 Å². The fraction of sp³-hybridized carbons (Fsp3) is 0.389. The molecule has 1 aromatic carbocycles. The molecular formula is C18H22N2O5S2. The van der Waals surface area contributed by atoms with E-state index < -0.39 is 16.0 Å². The molecule has 0 amide bonds. The molecule has 1 aromatic heterocycles. The molecule has 1 N–H and O–H groups in total. The summed E-state index contributed by atoms with van der Waals surface area (Å²) in [6, 6.07) is 4.72. The predicted octanol–water partition coefficient (Wildman–Crippen LogP) is 3.17. The van der Waals surface area contributed by atoms with Gasteiger partial charge in [-0.15, -0.1) is 11.3 Å². The third-order valence-electron chi connectivity index (χ3n) is 4.43. The third-order valence-corrected chi connectivity index (χ3v) is 7.03. The average molecular weight is 411 g/mol. The Morgan fingerprint density at radius 3 is 2.81 bits per heavy atom. The maximum absolute atomic E-state index is 12.9. The molecule has 0 aliphatic carbocycles. The highest BCUT2D eigenvalue weighted by Crippen LogP contribution is 2.36. The van der Waals surface area contributed by atoms with E-state index in [1.54, 1.807) is 26.0 Å². The van der Waals surface area contributed by atoms with E-state index in [2.05, 4.69) is 4.72 Å². The summed E-state index contributed by atoms with van der Waals surface area (Å²) < 4.78 is 39.1. The molecule has 0 saturated carbocycles. The number of likely N-dealkylation sites (N-methyl/N-ethyl adjacent to an activating group) is 1. The summed E-state index contributed by atoms with van der Waals surface area (Å²) in [7, 11) is -1.99. The molecule has 146 valence electrons. The highest BCUT2D eigenvalue weighted by Gasteiger charge is 2.26. The number of aryl methyl sites for hydroxylation is 1. The summed E-state index contributed by atoms with van der Waals surface area (Å²) in [5, 5.41) is 0.269. The molecule has 2 aromatic rings. The van der Waals surface area contributed by atoms with Crippen LogP contribution in [0.15, 0.2) is 23.1 Å². The van der Waals surface area contributed by atoms with Crippen LogP contribution in [0.25, 0.3) is 0 Å². The lowest BCUT2D eigenvalue weighted by Crippen LogP contribution is -2.29. The van der Waals surface area contributed by atoms with Crippen molar-refractivity contribution < 1.29 is 22.7 Å². The molecule has 0 spiro atoms. The Bertz CT molecular complexity index is 982. The van der Waals surface area contributed by atoms with Crippen LogP contribution < -0.4 is 14.4 Å². The summed E-state index contributed by atoms with van der Waals surface area (Å²) in [5.41, 5.74) is 1.70. The Hall–Kier alpha value is -2.26. The van der Waals surface area contributed by atoms with Gasteiger partial charge in [-0.05, 0) is 44.5 Å². The Labute approximate surface area is 163 Å². The summed E-state index contributed by atoms with van der Waals surface area (Å²) in [4.78, 5) is 15.2. The standard InChI is InChI=1S/C18H22N2O5S2/c1-5-24-18(21)16-11(2)12(3)26-17(16)19-27(22,23)13-6-7-15-14(10-13)20(4)8-9-25-15/h6-7,10,19H,5,8-9H2,1-4H3. The molecule has 0 radical (unpaired) electrons. The maximum atomic E-state index is 12.9. The predicted molar refractivity (Wildman–Crippen MR) is 106 cm³/mol. The molecule has 3 rings (SSSR count). The normalized spacial score (nSPS) is 13.7. The van der Waals surface area contributed by atoms with E-state index in [9.17, 15) is 13.2 Å². The third kappa shape index (κ3) is 3.74. The molecular weight excluding hydrogens is 388 g/mol. The molecule has 7 nitrogen and oxygen atoms in total. The number of benzene rings is 1. The van der Waals surface area contributed by atoms with E-state index in [1.165, 1.54) is 17.4 Å². The Balaban J connectivity index is 1.97. The van der Waals surface area contributed by atoms with E-state index in [1.807, 2.05) is 18.9 Å². The van der Waals surface area contributed by atoms with E-state index in [0.29, 0.717) is 24.6 Å². The van der Waals surface area contributed by atoms with Gasteiger partial charge in [-0.1, -0.05) is 0 Å². The fourth-order valence-corrected chi connectivity index (χ4v) is 5.20. The summed E-state index contributed by atoms with van der Waals surface area (Å²) in [5.74, 6) is 0.119. The van der Waals surface area contributed by atoms with Crippen molar-refractivity contribution in [1.29, 1.82) is 0 Å². The van der Waals surface area contributed by atoms with Crippen LogP contribution in [0.3, 0.4) is 0 Å². The lowest BCUT2D eigenvalue weighted by Gasteiger charge is -2.28. The second-order valence-corrected chi connectivity index (χ2v) is 9.12. The molecule has 9 heteroatoms. The van der Waals surface area contributed by atoms with Crippen molar-refractivity contribution in [2.75, 3.05) is 36.4 Å². The molecule has 0 bridgehead atoms. The first-order valence-corrected chi connectivity index (χ1v) is 10.8. The van der Waals surface area contributed by atoms with Gasteiger partial charge in [-0.3, -0.25) is 4.72 Å². The zero-order valence-electron chi connectivity index (χ0n) is 15.7. The van der Waals surface area contributed by atoms with Gasteiger partial charge in [-0.25, -0.2) is 13.2 Å². The zero-order chi connectivity index (χ0) is 19.8. The van der Waals surface area contributed by atoms with Crippen LogP contribution in [0.4, 0.5) is 10.7 Å². The molecule has 0 atom stereocenters. The molecule has 0 saturated heterocycles. The van der Waals surface area contributed by atoms with Gasteiger partial charge in [0.1, 0.15) is 17.4 Å². The first-order valence-electron chi connectivity index (χ1n) is 8.52. The van der Waals surface area contributed by atoms with Gasteiger partial charge in [-0.2, -0.15) is 0 Å². The molecule has 27 heavy (non-hydrogen) atoms. The average Bonchev–Trinajstić information content (AvgIpc) is 2.88. The molecule has 0 unspecified atom stereocenters. The number of carbonyl (C=O) groups is 1. The topological polar surface area (TPSA) is 84.9 Å². The monoisotopic (exact) mass is 410 g/mol. The molecule has 1 aliphatic heterocycles. The van der Waals surface area contributed by atoms with Gasteiger partial charge < -0.3 is 14.4 Å². The van der Waals surface area contributed by atoms with Crippen molar-refractivity contribution in [2.45, 2.75) is 25.7 Å². The van der Waals surface area contributed by atoms with Crippen LogP contribution in [0.5, 0.6) is 5.75 Å². The number of hydrogen-bond donors (Lipinski definition) is 1. The zero-order valence-corrected chi connectivity index (χ0v) is 17.3. The van der Waals surface area contributed by atoms with Gasteiger partial charge >= 0.3 is 5.97 Å². The highest BCUT2D eigenvalue weighted by molar-refractivity contribution is 7.93. The summed E-state index contributed by atoms with van der Waals surface area (Å²) in [6.45, 7) is 6.79. The lowest BCUT2D eigenvalue weighted by molar-refractivity contribution is 0.0527. The molecule has 0 fully saturated rings. The van der Waals surface area contributed by atoms with Crippen molar-refractivity contribution in [3.8, 4) is 5.75 Å². The lowest BCUT2D eigenvalue weighted by atomic mass is 10.2. The largest absolute Gasteiger partial charge is 0.490 e. The molecule has 2 heterocycles. The maximum Gasteiger partial charge on any atom is 0.341 e. The van der Waals surface area contributed by atoms with Crippen molar-refractivity contribution in [2.24, 2.45) is 0 Å². The number of nitrogens with one attached hydrogen (secondary N) is 1. The van der Waals surface area contributed by atoms with Gasteiger partial charge in [0.25, 0.3) is 10.0 Å². The number of anilines is 2. The molecule has 1 aliphatic rings. The number of hydrogen-bond acceptors (Lipinski definition) is 7. The minimum absolute atomic E-state index is 0.108. The SMILES string of the molecule is CCOC(=O)c1c(NS(=O)(=O)c2ccc3c(c2)N(C)CCO3)sc(C)c1C. The highest BCUT2D eigenvalue weighted by atomic mass is 32.2. The van der Waals surface area contributed by atoms with Crippen LogP contribution >= 0.6 is 11.3 Å². The van der Waals surface area contributed by atoms with Crippen molar-refractivity contribution in [3.63, 3.8) is 0 Å². The number of fused-ring (bicyclic) bond motifs is 1. The number of sulfonamides is 1. The van der Waals surface area contributed by atoms with Gasteiger partial charge in [0.05, 0.1) is 29.3 Å². The van der Waals surface area contributed by atoms with Crippen molar-refractivity contribution in [1.82, 2.24) is 0 Å². The first kappa shape index (κ1) is 19.5. The number of nitrogens with zero attached hydrogens (tertiary/aromatic N) is 1. The number of rotatable bonds is 5. The minimum Gasteiger partial charge on any atom is -0.490 e. The second kappa shape index (κ2) is 7.40. The number of ether oxygens (including phenoxy) is 2. The Morgan fingerprint density at radius 2 is 2.11 bits per heavy atom. The van der Waals surface area contributed by atoms with Crippen LogP contribution in [-0.4, -0.2) is 41.2 Å².